The average molecular weight is 427 g/mol. The molecule has 158 valence electrons. The van der Waals surface area contributed by atoms with Gasteiger partial charge in [0.25, 0.3) is 5.91 Å². The van der Waals surface area contributed by atoms with E-state index in [4.69, 9.17) is 0 Å². The number of rotatable bonds is 9. The van der Waals surface area contributed by atoms with Crippen molar-refractivity contribution in [1.82, 2.24) is 9.62 Å². The highest BCUT2D eigenvalue weighted by Gasteiger charge is 2.36. The Bertz CT molecular complexity index is 1040. The number of benzene rings is 2. The third-order valence-corrected chi connectivity index (χ3v) is 7.06. The molecule has 2 aromatic carbocycles. The van der Waals surface area contributed by atoms with E-state index in [2.05, 4.69) is 4.72 Å². The topological polar surface area (TPSA) is 83.5 Å². The molecule has 0 unspecified atom stereocenters. The Morgan fingerprint density at radius 1 is 0.933 bits per heavy atom. The van der Waals surface area contributed by atoms with Crippen molar-refractivity contribution in [1.29, 1.82) is 0 Å². The Morgan fingerprint density at radius 3 is 2.07 bits per heavy atom. The summed E-state index contributed by atoms with van der Waals surface area (Å²) in [5.74, 6) is 0.619. The number of hydrogen-bond acceptors (Lipinski definition) is 4. The number of sulfonamides is 1. The summed E-state index contributed by atoms with van der Waals surface area (Å²) < 4.78 is 27.5. The van der Waals surface area contributed by atoms with Crippen molar-refractivity contribution in [3.63, 3.8) is 0 Å². The van der Waals surface area contributed by atoms with Gasteiger partial charge in [-0.15, -0.1) is 0 Å². The van der Waals surface area contributed by atoms with Crippen LogP contribution in [-0.2, 0) is 16.6 Å². The lowest BCUT2D eigenvalue weighted by molar-refractivity contribution is 0.0734. The first kappa shape index (κ1) is 20.8. The third kappa shape index (κ3) is 4.96. The highest BCUT2D eigenvalue weighted by Crippen LogP contribution is 2.35. The van der Waals surface area contributed by atoms with Gasteiger partial charge in [-0.25, -0.2) is 13.1 Å². The van der Waals surface area contributed by atoms with Crippen molar-refractivity contribution in [2.45, 2.75) is 50.1 Å². The quantitative estimate of drug-likeness (QED) is 0.623. The van der Waals surface area contributed by atoms with Crippen molar-refractivity contribution in [2.24, 2.45) is 5.92 Å². The van der Waals surface area contributed by atoms with Gasteiger partial charge in [-0.3, -0.25) is 9.59 Å². The van der Waals surface area contributed by atoms with Crippen LogP contribution in [0, 0.1) is 5.92 Å². The first-order valence-electron chi connectivity index (χ1n) is 10.3. The smallest absolute Gasteiger partial charge is 0.254 e. The van der Waals surface area contributed by atoms with Gasteiger partial charge in [0.05, 0.1) is 4.90 Å². The molecule has 30 heavy (non-hydrogen) atoms. The third-order valence-electron chi connectivity index (χ3n) is 5.64. The number of Topliss-reactive ketones (excluding diaryl/α,β-unsaturated/α-hetero) is 1. The molecule has 2 aliphatic carbocycles. The van der Waals surface area contributed by atoms with Crippen LogP contribution in [0.3, 0.4) is 0 Å². The monoisotopic (exact) mass is 426 g/mol. The first-order chi connectivity index (χ1) is 14.3. The van der Waals surface area contributed by atoms with Crippen LogP contribution >= 0.6 is 0 Å². The standard InChI is InChI=1S/C23H26N2O4S/c1-16(26)19-8-12-22(13-9-19)30(28,29)24-14-17-4-6-20(7-5-17)23(27)25(21-10-11-21)15-18-2-3-18/h4-9,12-13,18,21,24H,2-3,10-11,14-15H2,1H3. The molecule has 7 heteroatoms. The Kier molecular flexibility index (Phi) is 5.75. The summed E-state index contributed by atoms with van der Waals surface area (Å²) >= 11 is 0. The Morgan fingerprint density at radius 2 is 1.53 bits per heavy atom. The normalized spacial score (nSPS) is 16.3. The second-order valence-electron chi connectivity index (χ2n) is 8.23. The summed E-state index contributed by atoms with van der Waals surface area (Å²) in [5.41, 5.74) is 1.89. The fourth-order valence-corrected chi connectivity index (χ4v) is 4.44. The van der Waals surface area contributed by atoms with E-state index in [1.807, 2.05) is 4.90 Å². The summed E-state index contributed by atoms with van der Waals surface area (Å²) in [6.07, 6.45) is 4.61. The fraction of sp³-hybridized carbons (Fsp3) is 0.391. The molecule has 0 aromatic heterocycles. The van der Waals surface area contributed by atoms with E-state index in [0.29, 0.717) is 23.1 Å². The van der Waals surface area contributed by atoms with Crippen LogP contribution < -0.4 is 4.72 Å². The highest BCUT2D eigenvalue weighted by atomic mass is 32.2. The molecular weight excluding hydrogens is 400 g/mol. The number of amides is 1. The minimum Gasteiger partial charge on any atom is -0.335 e. The average Bonchev–Trinajstić information content (AvgIpc) is 3.64. The largest absolute Gasteiger partial charge is 0.335 e. The molecule has 0 spiro atoms. The molecule has 0 atom stereocenters. The Labute approximate surface area is 177 Å². The molecule has 2 saturated carbocycles. The van der Waals surface area contributed by atoms with Crippen LogP contribution in [0.25, 0.3) is 0 Å². The van der Waals surface area contributed by atoms with Crippen LogP contribution in [0.5, 0.6) is 0 Å². The number of carbonyl (C=O) groups excluding carboxylic acids is 2. The number of hydrogen-bond donors (Lipinski definition) is 1. The lowest BCUT2D eigenvalue weighted by Gasteiger charge is -2.22. The molecule has 0 radical (unpaired) electrons. The van der Waals surface area contributed by atoms with Crippen LogP contribution in [0.15, 0.2) is 53.4 Å². The second kappa shape index (κ2) is 8.32. The van der Waals surface area contributed by atoms with Crippen LogP contribution in [0.1, 0.15) is 58.9 Å². The van der Waals surface area contributed by atoms with E-state index in [0.717, 1.165) is 24.9 Å². The van der Waals surface area contributed by atoms with Gasteiger partial charge in [0.15, 0.2) is 5.78 Å². The lowest BCUT2D eigenvalue weighted by atomic mass is 10.1. The molecule has 0 bridgehead atoms. The maximum absolute atomic E-state index is 12.9. The van der Waals surface area contributed by atoms with E-state index in [1.165, 1.54) is 44.0 Å². The van der Waals surface area contributed by atoms with E-state index >= 15 is 0 Å². The number of nitrogens with zero attached hydrogens (tertiary/aromatic N) is 1. The number of carbonyl (C=O) groups is 2. The summed E-state index contributed by atoms with van der Waals surface area (Å²) in [7, 11) is -3.69. The summed E-state index contributed by atoms with van der Waals surface area (Å²) in [5, 5.41) is 0. The van der Waals surface area contributed by atoms with E-state index in [9.17, 15) is 18.0 Å². The highest BCUT2D eigenvalue weighted by molar-refractivity contribution is 7.89. The van der Waals surface area contributed by atoms with Crippen molar-refractivity contribution < 1.29 is 18.0 Å². The van der Waals surface area contributed by atoms with Gasteiger partial charge in [0, 0.05) is 30.3 Å². The predicted octanol–water partition coefficient (Wildman–Crippen LogP) is 3.38. The molecule has 0 saturated heterocycles. The number of nitrogens with one attached hydrogen (secondary N) is 1. The van der Waals surface area contributed by atoms with Gasteiger partial charge in [0.1, 0.15) is 0 Å². The molecular formula is C23H26N2O4S. The SMILES string of the molecule is CC(=O)c1ccc(S(=O)(=O)NCc2ccc(C(=O)N(CC3CC3)C3CC3)cc2)cc1. The van der Waals surface area contributed by atoms with Crippen LogP contribution in [-0.4, -0.2) is 37.6 Å². The maximum Gasteiger partial charge on any atom is 0.254 e. The zero-order chi connectivity index (χ0) is 21.3. The molecule has 2 aromatic rings. The fourth-order valence-electron chi connectivity index (χ4n) is 3.42. The first-order valence-corrected chi connectivity index (χ1v) is 11.8. The van der Waals surface area contributed by atoms with Crippen molar-refractivity contribution in [2.75, 3.05) is 6.54 Å². The minimum absolute atomic E-state index is 0.0714. The van der Waals surface area contributed by atoms with Gasteiger partial charge in [-0.05, 0) is 68.4 Å². The van der Waals surface area contributed by atoms with Crippen molar-refractivity contribution >= 4 is 21.7 Å². The number of ketones is 1. The van der Waals surface area contributed by atoms with E-state index in [-0.39, 0.29) is 23.1 Å². The zero-order valence-corrected chi connectivity index (χ0v) is 17.8. The summed E-state index contributed by atoms with van der Waals surface area (Å²) in [6.45, 7) is 2.42. The van der Waals surface area contributed by atoms with E-state index in [1.54, 1.807) is 24.3 Å². The van der Waals surface area contributed by atoms with Crippen LogP contribution in [0.2, 0.25) is 0 Å². The lowest BCUT2D eigenvalue weighted by Crippen LogP contribution is -2.34. The molecule has 0 heterocycles. The maximum atomic E-state index is 12.9. The van der Waals surface area contributed by atoms with Crippen LogP contribution in [0.4, 0.5) is 0 Å². The van der Waals surface area contributed by atoms with Crippen molar-refractivity contribution in [3.8, 4) is 0 Å². The molecule has 2 aliphatic rings. The Balaban J connectivity index is 1.38. The van der Waals surface area contributed by atoms with Crippen molar-refractivity contribution in [3.05, 3.63) is 65.2 Å². The van der Waals surface area contributed by atoms with Gasteiger partial charge in [-0.1, -0.05) is 24.3 Å². The molecule has 0 aliphatic heterocycles. The Hall–Kier alpha value is -2.51. The van der Waals surface area contributed by atoms with Gasteiger partial charge in [-0.2, -0.15) is 0 Å². The predicted molar refractivity (Wildman–Crippen MR) is 114 cm³/mol. The molecule has 4 rings (SSSR count). The van der Waals surface area contributed by atoms with Gasteiger partial charge in [0.2, 0.25) is 10.0 Å². The summed E-state index contributed by atoms with van der Waals surface area (Å²) in [6, 6.07) is 13.4. The van der Waals surface area contributed by atoms with E-state index < -0.39 is 10.0 Å². The van der Waals surface area contributed by atoms with Gasteiger partial charge < -0.3 is 4.90 Å². The molecule has 6 nitrogen and oxygen atoms in total. The minimum atomic E-state index is -3.69. The summed E-state index contributed by atoms with van der Waals surface area (Å²) in [4.78, 5) is 26.3. The molecule has 2 fully saturated rings. The molecule has 1 N–H and O–H groups in total. The van der Waals surface area contributed by atoms with Gasteiger partial charge >= 0.3 is 0 Å². The zero-order valence-electron chi connectivity index (χ0n) is 17.0. The molecule has 1 amide bonds. The second-order valence-corrected chi connectivity index (χ2v) is 10.0.